The normalized spacial score (nSPS) is 14.5. The second-order valence-electron chi connectivity index (χ2n) is 5.83. The minimum Gasteiger partial charge on any atom is -0.355 e. The Bertz CT molecular complexity index is 838. The first-order valence-electron chi connectivity index (χ1n) is 8.20. The molecule has 0 saturated carbocycles. The Morgan fingerprint density at radius 2 is 2.04 bits per heavy atom. The highest BCUT2D eigenvalue weighted by Gasteiger charge is 2.16. The van der Waals surface area contributed by atoms with Gasteiger partial charge in [-0.1, -0.05) is 11.2 Å². The number of nitrogens with one attached hydrogen (secondary N) is 1. The number of carbonyl (C=O) groups excluding carboxylic acids is 1. The van der Waals surface area contributed by atoms with Crippen LogP contribution in [0.1, 0.15) is 29.8 Å². The van der Waals surface area contributed by atoms with Crippen LogP contribution in [0.5, 0.6) is 0 Å². The summed E-state index contributed by atoms with van der Waals surface area (Å²) >= 11 is 1.56. The monoisotopic (exact) mass is 355 g/mol. The van der Waals surface area contributed by atoms with E-state index < -0.39 is 0 Å². The van der Waals surface area contributed by atoms with Gasteiger partial charge in [-0.25, -0.2) is 0 Å². The van der Waals surface area contributed by atoms with Crippen LogP contribution < -0.4 is 10.2 Å². The molecule has 1 aliphatic rings. The molecule has 0 aromatic carbocycles. The highest BCUT2D eigenvalue weighted by molar-refractivity contribution is 7.13. The van der Waals surface area contributed by atoms with Gasteiger partial charge in [-0.2, -0.15) is 0 Å². The third kappa shape index (κ3) is 3.53. The second-order valence-corrected chi connectivity index (χ2v) is 6.78. The van der Waals surface area contributed by atoms with Crippen LogP contribution in [0.4, 0.5) is 11.7 Å². The van der Waals surface area contributed by atoms with Crippen LogP contribution >= 0.6 is 11.3 Å². The van der Waals surface area contributed by atoms with Gasteiger partial charge in [-0.3, -0.25) is 10.1 Å². The summed E-state index contributed by atoms with van der Waals surface area (Å²) in [6.07, 6.45) is 3.60. The van der Waals surface area contributed by atoms with Gasteiger partial charge in [-0.15, -0.1) is 21.5 Å². The third-order valence-corrected chi connectivity index (χ3v) is 4.98. The Kier molecular flexibility index (Phi) is 4.43. The summed E-state index contributed by atoms with van der Waals surface area (Å²) < 4.78 is 5.17. The Morgan fingerprint density at radius 1 is 1.16 bits per heavy atom. The fraction of sp³-hybridized carbons (Fsp3) is 0.294. The summed E-state index contributed by atoms with van der Waals surface area (Å²) in [4.78, 5) is 15.5. The van der Waals surface area contributed by atoms with Crippen molar-refractivity contribution in [3.63, 3.8) is 0 Å². The first-order chi connectivity index (χ1) is 12.3. The minimum absolute atomic E-state index is 0.245. The molecule has 1 aliphatic heterocycles. The van der Waals surface area contributed by atoms with Crippen molar-refractivity contribution in [1.82, 2.24) is 15.4 Å². The van der Waals surface area contributed by atoms with Crippen molar-refractivity contribution in [2.75, 3.05) is 23.3 Å². The molecule has 128 valence electrons. The molecule has 4 rings (SSSR count). The van der Waals surface area contributed by atoms with Crippen LogP contribution in [0.3, 0.4) is 0 Å². The average Bonchev–Trinajstić information content (AvgIpc) is 3.34. The number of anilines is 2. The van der Waals surface area contributed by atoms with Crippen molar-refractivity contribution in [2.45, 2.75) is 19.3 Å². The molecule has 4 heterocycles. The maximum absolute atomic E-state index is 12.3. The van der Waals surface area contributed by atoms with E-state index in [9.17, 15) is 4.79 Å². The topological polar surface area (TPSA) is 84.2 Å². The van der Waals surface area contributed by atoms with Crippen molar-refractivity contribution in [3.8, 4) is 10.6 Å². The Hall–Kier alpha value is -2.74. The molecule has 7 nitrogen and oxygen atoms in total. The highest BCUT2D eigenvalue weighted by Crippen LogP contribution is 2.26. The molecule has 0 radical (unpaired) electrons. The van der Waals surface area contributed by atoms with Crippen molar-refractivity contribution >= 4 is 28.9 Å². The van der Waals surface area contributed by atoms with Gasteiger partial charge >= 0.3 is 0 Å². The lowest BCUT2D eigenvalue weighted by atomic mass is 10.1. The molecule has 0 spiro atoms. The number of piperidine rings is 1. The number of amides is 1. The summed E-state index contributed by atoms with van der Waals surface area (Å²) in [5.41, 5.74) is 0.937. The van der Waals surface area contributed by atoms with Gasteiger partial charge in [0.15, 0.2) is 11.5 Å². The molecule has 8 heteroatoms. The van der Waals surface area contributed by atoms with Crippen LogP contribution in [0.25, 0.3) is 10.6 Å². The molecule has 0 bridgehead atoms. The summed E-state index contributed by atoms with van der Waals surface area (Å²) in [5, 5.41) is 16.8. The lowest BCUT2D eigenvalue weighted by Gasteiger charge is -2.27. The lowest BCUT2D eigenvalue weighted by molar-refractivity contribution is 0.101. The molecule has 1 amide bonds. The number of aromatic nitrogens is 3. The van der Waals surface area contributed by atoms with E-state index in [1.54, 1.807) is 23.5 Å². The van der Waals surface area contributed by atoms with E-state index in [1.165, 1.54) is 19.3 Å². The van der Waals surface area contributed by atoms with Gasteiger partial charge in [0.2, 0.25) is 5.88 Å². The van der Waals surface area contributed by atoms with Crippen LogP contribution in [-0.4, -0.2) is 34.4 Å². The first-order valence-corrected chi connectivity index (χ1v) is 9.08. The quantitative estimate of drug-likeness (QED) is 0.772. The fourth-order valence-corrected chi connectivity index (χ4v) is 3.47. The maximum Gasteiger partial charge on any atom is 0.278 e. The lowest BCUT2D eigenvalue weighted by Crippen LogP contribution is -2.30. The smallest absolute Gasteiger partial charge is 0.278 e. The van der Waals surface area contributed by atoms with Crippen LogP contribution in [0, 0.1) is 0 Å². The zero-order valence-corrected chi connectivity index (χ0v) is 14.3. The Labute approximate surface area is 148 Å². The van der Waals surface area contributed by atoms with Crippen molar-refractivity contribution in [3.05, 3.63) is 41.4 Å². The number of rotatable bonds is 4. The zero-order valence-electron chi connectivity index (χ0n) is 13.5. The number of carbonyl (C=O) groups is 1. The molecule has 1 N–H and O–H groups in total. The standard InChI is InChI=1S/C17H17N5O2S/c23-17(18-16-11-13(21-24-16)14-5-4-10-25-14)12-6-7-15(20-19-12)22-8-2-1-3-9-22/h4-7,10-11H,1-3,8-9H2,(H,18,23). The van der Waals surface area contributed by atoms with E-state index in [-0.39, 0.29) is 17.5 Å². The molecule has 25 heavy (non-hydrogen) atoms. The molecule has 1 saturated heterocycles. The van der Waals surface area contributed by atoms with E-state index in [4.69, 9.17) is 4.52 Å². The molecule has 0 unspecified atom stereocenters. The predicted molar refractivity (Wildman–Crippen MR) is 95.9 cm³/mol. The van der Waals surface area contributed by atoms with E-state index in [0.717, 1.165) is 23.8 Å². The Balaban J connectivity index is 1.42. The summed E-state index contributed by atoms with van der Waals surface area (Å²) in [6, 6.07) is 9.10. The molecular formula is C17H17N5O2S. The first kappa shape index (κ1) is 15.8. The van der Waals surface area contributed by atoms with Gasteiger partial charge in [0.25, 0.3) is 5.91 Å². The average molecular weight is 355 g/mol. The summed E-state index contributed by atoms with van der Waals surface area (Å²) in [5.74, 6) is 0.734. The molecule has 3 aromatic rings. The number of hydrogen-bond acceptors (Lipinski definition) is 7. The van der Waals surface area contributed by atoms with Gasteiger partial charge < -0.3 is 9.42 Å². The van der Waals surface area contributed by atoms with Crippen molar-refractivity contribution in [2.24, 2.45) is 0 Å². The third-order valence-electron chi connectivity index (χ3n) is 4.08. The number of hydrogen-bond donors (Lipinski definition) is 1. The fourth-order valence-electron chi connectivity index (χ4n) is 2.79. The minimum atomic E-state index is -0.369. The van der Waals surface area contributed by atoms with Crippen molar-refractivity contribution < 1.29 is 9.32 Å². The van der Waals surface area contributed by atoms with E-state index in [2.05, 4.69) is 25.6 Å². The predicted octanol–water partition coefficient (Wildman–Crippen LogP) is 3.44. The SMILES string of the molecule is O=C(Nc1cc(-c2cccs2)no1)c1ccc(N2CCCCC2)nn1. The molecule has 0 atom stereocenters. The maximum atomic E-state index is 12.3. The van der Waals surface area contributed by atoms with Gasteiger partial charge in [0, 0.05) is 19.2 Å². The largest absolute Gasteiger partial charge is 0.355 e. The zero-order chi connectivity index (χ0) is 17.1. The van der Waals surface area contributed by atoms with E-state index in [0.29, 0.717) is 5.69 Å². The van der Waals surface area contributed by atoms with Crippen LogP contribution in [0.15, 0.2) is 40.2 Å². The van der Waals surface area contributed by atoms with Gasteiger partial charge in [0.05, 0.1) is 4.88 Å². The molecule has 0 aliphatic carbocycles. The molecule has 1 fully saturated rings. The summed E-state index contributed by atoms with van der Waals surface area (Å²) in [7, 11) is 0. The second kappa shape index (κ2) is 7.02. The highest BCUT2D eigenvalue weighted by atomic mass is 32.1. The van der Waals surface area contributed by atoms with Gasteiger partial charge in [0.1, 0.15) is 5.69 Å². The Morgan fingerprint density at radius 3 is 2.76 bits per heavy atom. The van der Waals surface area contributed by atoms with Crippen LogP contribution in [-0.2, 0) is 0 Å². The number of nitrogens with zero attached hydrogens (tertiary/aromatic N) is 4. The van der Waals surface area contributed by atoms with E-state index >= 15 is 0 Å². The molecule has 3 aromatic heterocycles. The molecular weight excluding hydrogens is 338 g/mol. The number of thiophene rings is 1. The van der Waals surface area contributed by atoms with Gasteiger partial charge in [-0.05, 0) is 42.8 Å². The van der Waals surface area contributed by atoms with E-state index in [1.807, 2.05) is 23.6 Å². The van der Waals surface area contributed by atoms with Crippen LogP contribution in [0.2, 0.25) is 0 Å². The van der Waals surface area contributed by atoms with Crippen molar-refractivity contribution in [1.29, 1.82) is 0 Å². The summed E-state index contributed by atoms with van der Waals surface area (Å²) in [6.45, 7) is 1.98.